The number of imidazole rings is 1. The summed E-state index contributed by atoms with van der Waals surface area (Å²) in [5.74, 6) is 0.505. The molecule has 5 rings (SSSR count). The molecule has 33 heavy (non-hydrogen) atoms. The highest BCUT2D eigenvalue weighted by Gasteiger charge is 2.27. The maximum atomic E-state index is 13.1. The van der Waals surface area contributed by atoms with E-state index in [-0.39, 0.29) is 11.5 Å². The van der Waals surface area contributed by atoms with Gasteiger partial charge in [0.2, 0.25) is 0 Å². The number of thiazole rings is 1. The number of carbonyl (C=O) groups excluding carboxylic acids is 1. The molecule has 0 unspecified atom stereocenters. The number of hydrogen-bond acceptors (Lipinski definition) is 6. The van der Waals surface area contributed by atoms with Crippen LogP contribution in [0, 0.1) is 6.92 Å². The van der Waals surface area contributed by atoms with Crippen molar-refractivity contribution in [2.24, 2.45) is 0 Å². The molecule has 0 radical (unpaired) electrons. The first kappa shape index (κ1) is 21.4. The molecule has 1 aliphatic rings. The minimum absolute atomic E-state index is 0.194. The van der Waals surface area contributed by atoms with Gasteiger partial charge >= 0.3 is 0 Å². The van der Waals surface area contributed by atoms with Crippen LogP contribution in [0.15, 0.2) is 53.0 Å². The quantitative estimate of drug-likeness (QED) is 0.433. The molecule has 0 N–H and O–H groups in total. The molecule has 3 aromatic heterocycles. The fraction of sp³-hybridized carbons (Fsp3) is 0.217. The van der Waals surface area contributed by atoms with E-state index in [1.807, 2.05) is 18.4 Å². The van der Waals surface area contributed by atoms with Gasteiger partial charge < -0.3 is 18.8 Å². The Morgan fingerprint density at radius 2 is 2.03 bits per heavy atom. The van der Waals surface area contributed by atoms with Crippen LogP contribution in [0.25, 0.3) is 16.3 Å². The maximum Gasteiger partial charge on any atom is 0.275 e. The van der Waals surface area contributed by atoms with Crippen molar-refractivity contribution >= 4 is 28.8 Å². The maximum absolute atomic E-state index is 13.1. The molecule has 0 saturated carbocycles. The summed E-state index contributed by atoms with van der Waals surface area (Å²) in [6.45, 7) is 3.05. The number of aryl methyl sites for hydroxylation is 1. The van der Waals surface area contributed by atoms with Gasteiger partial charge in [0.25, 0.3) is 11.5 Å². The molecule has 1 aliphatic heterocycles. The molecule has 168 valence electrons. The van der Waals surface area contributed by atoms with E-state index in [0.29, 0.717) is 41.8 Å². The van der Waals surface area contributed by atoms with E-state index in [2.05, 4.69) is 9.97 Å². The van der Waals surface area contributed by atoms with E-state index in [0.717, 1.165) is 22.0 Å². The lowest BCUT2D eigenvalue weighted by Gasteiger charge is -2.29. The molecule has 10 heteroatoms. The average molecular weight is 482 g/mol. The number of methoxy groups -OCH3 is 1. The van der Waals surface area contributed by atoms with Crippen molar-refractivity contribution in [3.63, 3.8) is 0 Å². The minimum atomic E-state index is -0.207. The largest absolute Gasteiger partial charge is 0.497 e. The summed E-state index contributed by atoms with van der Waals surface area (Å²) in [6.07, 6.45) is 3.39. The van der Waals surface area contributed by atoms with Gasteiger partial charge in [-0.2, -0.15) is 0 Å². The van der Waals surface area contributed by atoms with Gasteiger partial charge in [-0.05, 0) is 37.3 Å². The zero-order chi connectivity index (χ0) is 23.1. The standard InChI is InChI=1S/C23H20ClN5O3S/c1-14-10-28(13-25-14)19-5-6-20-22(30)27(7-8-29(20)23(19)31)11-15-12-33-21(26-15)17-9-16(32-2)3-4-18(17)24/h3-6,9-10,12-13H,7-8,11H2,1-2H3. The Morgan fingerprint density at radius 1 is 1.18 bits per heavy atom. The van der Waals surface area contributed by atoms with Crippen molar-refractivity contribution < 1.29 is 9.53 Å². The third-order valence-corrected chi connectivity index (χ3v) is 6.81. The Balaban J connectivity index is 1.38. The van der Waals surface area contributed by atoms with Gasteiger partial charge in [-0.3, -0.25) is 9.59 Å². The van der Waals surface area contributed by atoms with Gasteiger partial charge in [-0.15, -0.1) is 11.3 Å². The van der Waals surface area contributed by atoms with Crippen molar-refractivity contribution in [2.75, 3.05) is 13.7 Å². The Bertz CT molecular complexity index is 1420. The number of nitrogens with zero attached hydrogens (tertiary/aromatic N) is 5. The summed E-state index contributed by atoms with van der Waals surface area (Å²) in [6, 6.07) is 8.79. The second kappa shape index (κ2) is 8.49. The summed E-state index contributed by atoms with van der Waals surface area (Å²) in [5, 5.41) is 3.27. The molecule has 0 fully saturated rings. The van der Waals surface area contributed by atoms with E-state index < -0.39 is 0 Å². The molecule has 0 saturated heterocycles. The van der Waals surface area contributed by atoms with Crippen LogP contribution in [-0.2, 0) is 13.1 Å². The summed E-state index contributed by atoms with van der Waals surface area (Å²) < 4.78 is 8.50. The van der Waals surface area contributed by atoms with Gasteiger partial charge in [0.15, 0.2) is 0 Å². The number of rotatable bonds is 5. The summed E-state index contributed by atoms with van der Waals surface area (Å²) in [5.41, 5.74) is 3.01. The predicted molar refractivity (Wildman–Crippen MR) is 126 cm³/mol. The fourth-order valence-corrected chi connectivity index (χ4v) is 4.96. The molecule has 1 amide bonds. The van der Waals surface area contributed by atoms with Crippen LogP contribution in [-0.4, -0.2) is 43.6 Å². The van der Waals surface area contributed by atoms with Gasteiger partial charge in [0, 0.05) is 30.2 Å². The number of fused-ring (bicyclic) bond motifs is 1. The Kier molecular flexibility index (Phi) is 5.51. The van der Waals surface area contributed by atoms with Crippen LogP contribution in [0.1, 0.15) is 21.9 Å². The monoisotopic (exact) mass is 481 g/mol. The Labute approximate surface area is 198 Å². The van der Waals surface area contributed by atoms with Crippen molar-refractivity contribution in [3.05, 3.63) is 80.7 Å². The topological polar surface area (TPSA) is 82.2 Å². The van der Waals surface area contributed by atoms with Gasteiger partial charge in [0.05, 0.1) is 36.4 Å². The number of benzene rings is 1. The molecule has 8 nitrogen and oxygen atoms in total. The SMILES string of the molecule is COc1ccc(Cl)c(-c2nc(CN3CCn4c(ccc(-n5cnc(C)c5)c4=O)C3=O)cs2)c1. The molecule has 4 aromatic rings. The minimum Gasteiger partial charge on any atom is -0.497 e. The first-order chi connectivity index (χ1) is 15.9. The molecule has 0 atom stereocenters. The van der Waals surface area contributed by atoms with E-state index in [4.69, 9.17) is 16.3 Å². The van der Waals surface area contributed by atoms with Gasteiger partial charge in [-0.1, -0.05) is 11.6 Å². The van der Waals surface area contributed by atoms with Gasteiger partial charge in [0.1, 0.15) is 22.1 Å². The molecule has 4 heterocycles. The molecule has 0 bridgehead atoms. The lowest BCUT2D eigenvalue weighted by Crippen LogP contribution is -2.44. The predicted octanol–water partition coefficient (Wildman–Crippen LogP) is 3.78. The van der Waals surface area contributed by atoms with Crippen LogP contribution in [0.2, 0.25) is 5.02 Å². The molecular formula is C23H20ClN5O3S. The lowest BCUT2D eigenvalue weighted by molar-refractivity contribution is 0.0684. The normalized spacial score (nSPS) is 13.3. The number of pyridine rings is 1. The van der Waals surface area contributed by atoms with Crippen molar-refractivity contribution in [3.8, 4) is 22.0 Å². The van der Waals surface area contributed by atoms with Gasteiger partial charge in [-0.25, -0.2) is 9.97 Å². The third kappa shape index (κ3) is 3.94. The zero-order valence-corrected chi connectivity index (χ0v) is 19.6. The molecule has 1 aromatic carbocycles. The van der Waals surface area contributed by atoms with Crippen molar-refractivity contribution in [1.82, 2.24) is 24.0 Å². The van der Waals surface area contributed by atoms with Crippen LogP contribution < -0.4 is 10.3 Å². The van der Waals surface area contributed by atoms with Crippen molar-refractivity contribution in [2.45, 2.75) is 20.0 Å². The summed E-state index contributed by atoms with van der Waals surface area (Å²) in [7, 11) is 1.60. The summed E-state index contributed by atoms with van der Waals surface area (Å²) >= 11 is 7.81. The second-order valence-electron chi connectivity index (χ2n) is 7.70. The fourth-order valence-electron chi connectivity index (χ4n) is 3.85. The molecule has 0 aliphatic carbocycles. The van der Waals surface area contributed by atoms with Crippen LogP contribution in [0.5, 0.6) is 5.75 Å². The number of halogens is 1. The average Bonchev–Trinajstić information content (AvgIpc) is 3.45. The lowest BCUT2D eigenvalue weighted by atomic mass is 10.2. The van der Waals surface area contributed by atoms with E-state index in [9.17, 15) is 9.59 Å². The number of hydrogen-bond donors (Lipinski definition) is 0. The molecule has 0 spiro atoms. The highest BCUT2D eigenvalue weighted by molar-refractivity contribution is 7.13. The van der Waals surface area contributed by atoms with E-state index in [1.165, 1.54) is 15.9 Å². The van der Waals surface area contributed by atoms with E-state index in [1.54, 1.807) is 53.4 Å². The number of amides is 1. The molecular weight excluding hydrogens is 462 g/mol. The Hall–Kier alpha value is -3.43. The first-order valence-corrected chi connectivity index (χ1v) is 11.5. The smallest absolute Gasteiger partial charge is 0.275 e. The number of ether oxygens (including phenoxy) is 1. The second-order valence-corrected chi connectivity index (χ2v) is 8.96. The van der Waals surface area contributed by atoms with Crippen LogP contribution in [0.3, 0.4) is 0 Å². The third-order valence-electron chi connectivity index (χ3n) is 5.55. The first-order valence-electron chi connectivity index (χ1n) is 10.3. The summed E-state index contributed by atoms with van der Waals surface area (Å²) in [4.78, 5) is 36.7. The Morgan fingerprint density at radius 3 is 2.79 bits per heavy atom. The zero-order valence-electron chi connectivity index (χ0n) is 18.0. The van der Waals surface area contributed by atoms with E-state index >= 15 is 0 Å². The number of carbonyl (C=O) groups is 1. The van der Waals surface area contributed by atoms with Crippen molar-refractivity contribution in [1.29, 1.82) is 0 Å². The highest BCUT2D eigenvalue weighted by Crippen LogP contribution is 2.33. The number of aromatic nitrogens is 4. The van der Waals surface area contributed by atoms with Crippen LogP contribution >= 0.6 is 22.9 Å². The van der Waals surface area contributed by atoms with Crippen LogP contribution in [0.4, 0.5) is 0 Å². The highest BCUT2D eigenvalue weighted by atomic mass is 35.5.